The molecule has 1 atom stereocenters. The van der Waals surface area contributed by atoms with Gasteiger partial charge in [0.1, 0.15) is 0 Å². The maximum atomic E-state index is 12.0. The van der Waals surface area contributed by atoms with Crippen molar-refractivity contribution in [2.75, 3.05) is 19.3 Å². The summed E-state index contributed by atoms with van der Waals surface area (Å²) in [5.74, 6) is 0.302. The summed E-state index contributed by atoms with van der Waals surface area (Å²) in [6, 6.07) is 0. The van der Waals surface area contributed by atoms with Crippen LogP contribution in [0.4, 0.5) is 0 Å². The zero-order valence-corrected chi connectivity index (χ0v) is 10.5. The van der Waals surface area contributed by atoms with Crippen LogP contribution < -0.4 is 0 Å². The minimum Gasteiger partial charge on any atom is -0.341 e. The van der Waals surface area contributed by atoms with Crippen LogP contribution in [0.1, 0.15) is 33.6 Å². The molecule has 0 saturated carbocycles. The van der Waals surface area contributed by atoms with Gasteiger partial charge in [0, 0.05) is 23.8 Å². The third-order valence-electron chi connectivity index (χ3n) is 2.64. The minimum atomic E-state index is -0.222. The first-order chi connectivity index (χ1) is 6.45. The Kier molecular flexibility index (Phi) is 3.87. The second kappa shape index (κ2) is 4.56. The minimum absolute atomic E-state index is 0.222. The Morgan fingerprint density at radius 1 is 1.43 bits per heavy atom. The zero-order chi connectivity index (χ0) is 10.8. The molecule has 1 aliphatic heterocycles. The second-order valence-corrected chi connectivity index (χ2v) is 6.14. The molecule has 0 aromatic carbocycles. The van der Waals surface area contributed by atoms with Gasteiger partial charge in [-0.2, -0.15) is 11.8 Å². The normalized spacial score (nSPS) is 23.7. The van der Waals surface area contributed by atoms with Crippen molar-refractivity contribution >= 4 is 17.7 Å². The van der Waals surface area contributed by atoms with Crippen LogP contribution in [0.2, 0.25) is 0 Å². The van der Waals surface area contributed by atoms with Crippen molar-refractivity contribution < 1.29 is 4.79 Å². The predicted molar refractivity (Wildman–Crippen MR) is 62.6 cm³/mol. The van der Waals surface area contributed by atoms with E-state index in [9.17, 15) is 4.79 Å². The van der Waals surface area contributed by atoms with Gasteiger partial charge in [0.05, 0.1) is 0 Å². The number of carbonyl (C=O) groups excluding carboxylic acids is 1. The maximum Gasteiger partial charge on any atom is 0.227 e. The molecule has 1 unspecified atom stereocenters. The largest absolute Gasteiger partial charge is 0.341 e. The average molecular weight is 215 g/mol. The highest BCUT2D eigenvalue weighted by molar-refractivity contribution is 7.99. The number of likely N-dealkylation sites (tertiary alicyclic amines) is 1. The number of hydrogen-bond acceptors (Lipinski definition) is 2. The van der Waals surface area contributed by atoms with Crippen LogP contribution in [0.3, 0.4) is 0 Å². The van der Waals surface area contributed by atoms with Crippen LogP contribution in [0, 0.1) is 5.41 Å². The molecule has 1 heterocycles. The number of thioether (sulfide) groups is 1. The summed E-state index contributed by atoms with van der Waals surface area (Å²) in [6.07, 6.45) is 4.55. The molecular formula is C11H21NOS. The summed E-state index contributed by atoms with van der Waals surface area (Å²) in [7, 11) is 0. The molecule has 0 bridgehead atoms. The Balaban J connectivity index is 2.56. The molecule has 0 spiro atoms. The Morgan fingerprint density at radius 2 is 2.07 bits per heavy atom. The lowest BCUT2D eigenvalue weighted by Crippen LogP contribution is -2.46. The maximum absolute atomic E-state index is 12.0. The van der Waals surface area contributed by atoms with E-state index in [2.05, 4.69) is 6.26 Å². The molecule has 82 valence electrons. The van der Waals surface area contributed by atoms with Crippen molar-refractivity contribution in [2.45, 2.75) is 38.9 Å². The lowest BCUT2D eigenvalue weighted by Gasteiger charge is -2.35. The van der Waals surface area contributed by atoms with Crippen molar-refractivity contribution in [3.05, 3.63) is 0 Å². The topological polar surface area (TPSA) is 20.3 Å². The molecule has 1 saturated heterocycles. The molecule has 0 aliphatic carbocycles. The Labute approximate surface area is 91.4 Å². The third kappa shape index (κ3) is 2.91. The number of hydrogen-bond donors (Lipinski definition) is 0. The zero-order valence-electron chi connectivity index (χ0n) is 9.67. The number of piperidine rings is 1. The first kappa shape index (κ1) is 11.9. The summed E-state index contributed by atoms with van der Waals surface area (Å²) >= 11 is 1.88. The molecule has 0 aromatic heterocycles. The average Bonchev–Trinajstić information content (AvgIpc) is 2.15. The molecule has 14 heavy (non-hydrogen) atoms. The lowest BCUT2D eigenvalue weighted by atomic mass is 9.93. The fourth-order valence-corrected chi connectivity index (χ4v) is 2.52. The standard InChI is InChI=1S/C11H21NOS/c1-11(2,3)10(13)12-7-5-6-9(8-12)14-4/h9H,5-8H2,1-4H3. The van der Waals surface area contributed by atoms with Gasteiger partial charge in [-0.3, -0.25) is 4.79 Å². The van der Waals surface area contributed by atoms with Gasteiger partial charge in [-0.05, 0) is 19.1 Å². The highest BCUT2D eigenvalue weighted by atomic mass is 32.2. The van der Waals surface area contributed by atoms with E-state index in [4.69, 9.17) is 0 Å². The van der Waals surface area contributed by atoms with Crippen LogP contribution >= 0.6 is 11.8 Å². The molecule has 2 nitrogen and oxygen atoms in total. The molecule has 1 aliphatic rings. The van der Waals surface area contributed by atoms with E-state index < -0.39 is 0 Å². The van der Waals surface area contributed by atoms with E-state index in [0.29, 0.717) is 11.2 Å². The van der Waals surface area contributed by atoms with Crippen LogP contribution in [0.25, 0.3) is 0 Å². The van der Waals surface area contributed by atoms with Gasteiger partial charge in [-0.15, -0.1) is 0 Å². The quantitative estimate of drug-likeness (QED) is 0.669. The molecule has 0 radical (unpaired) electrons. The SMILES string of the molecule is CSC1CCCN(C(=O)C(C)(C)C)C1. The summed E-state index contributed by atoms with van der Waals surface area (Å²) in [4.78, 5) is 14.0. The number of amides is 1. The molecule has 0 aromatic rings. The molecule has 1 fully saturated rings. The number of nitrogens with zero attached hydrogens (tertiary/aromatic N) is 1. The van der Waals surface area contributed by atoms with Crippen molar-refractivity contribution in [1.29, 1.82) is 0 Å². The summed E-state index contributed by atoms with van der Waals surface area (Å²) in [5, 5.41) is 0.648. The lowest BCUT2D eigenvalue weighted by molar-refractivity contribution is -0.140. The summed E-state index contributed by atoms with van der Waals surface area (Å²) in [6.45, 7) is 7.89. The molecule has 0 N–H and O–H groups in total. The highest BCUT2D eigenvalue weighted by Crippen LogP contribution is 2.24. The van der Waals surface area contributed by atoms with Gasteiger partial charge in [-0.25, -0.2) is 0 Å². The number of carbonyl (C=O) groups is 1. The van der Waals surface area contributed by atoms with Crippen LogP contribution in [0.15, 0.2) is 0 Å². The summed E-state index contributed by atoms with van der Waals surface area (Å²) < 4.78 is 0. The van der Waals surface area contributed by atoms with E-state index in [0.717, 1.165) is 19.5 Å². The third-order valence-corrected chi connectivity index (χ3v) is 3.69. The van der Waals surface area contributed by atoms with E-state index in [-0.39, 0.29) is 5.41 Å². The van der Waals surface area contributed by atoms with Crippen molar-refractivity contribution in [1.82, 2.24) is 4.90 Å². The van der Waals surface area contributed by atoms with Crippen molar-refractivity contribution in [3.8, 4) is 0 Å². The van der Waals surface area contributed by atoms with Gasteiger partial charge < -0.3 is 4.90 Å². The Hall–Kier alpha value is -0.180. The Bertz CT molecular complexity index is 210. The van der Waals surface area contributed by atoms with Gasteiger partial charge in [0.25, 0.3) is 0 Å². The molecular weight excluding hydrogens is 194 g/mol. The monoisotopic (exact) mass is 215 g/mol. The highest BCUT2D eigenvalue weighted by Gasteiger charge is 2.30. The van der Waals surface area contributed by atoms with Gasteiger partial charge in [0.15, 0.2) is 0 Å². The van der Waals surface area contributed by atoms with E-state index in [1.165, 1.54) is 6.42 Å². The number of rotatable bonds is 1. The second-order valence-electron chi connectivity index (χ2n) is 5.00. The van der Waals surface area contributed by atoms with Gasteiger partial charge in [-0.1, -0.05) is 20.8 Å². The first-order valence-electron chi connectivity index (χ1n) is 5.27. The van der Waals surface area contributed by atoms with Crippen molar-refractivity contribution in [2.24, 2.45) is 5.41 Å². The van der Waals surface area contributed by atoms with E-state index in [1.807, 2.05) is 37.4 Å². The Morgan fingerprint density at radius 3 is 2.57 bits per heavy atom. The van der Waals surface area contributed by atoms with Crippen LogP contribution in [-0.4, -0.2) is 35.4 Å². The van der Waals surface area contributed by atoms with E-state index >= 15 is 0 Å². The van der Waals surface area contributed by atoms with Crippen LogP contribution in [0.5, 0.6) is 0 Å². The fraction of sp³-hybridized carbons (Fsp3) is 0.909. The van der Waals surface area contributed by atoms with Crippen molar-refractivity contribution in [3.63, 3.8) is 0 Å². The smallest absolute Gasteiger partial charge is 0.227 e. The summed E-state index contributed by atoms with van der Waals surface area (Å²) in [5.41, 5.74) is -0.222. The molecule has 1 amide bonds. The van der Waals surface area contributed by atoms with Gasteiger partial charge >= 0.3 is 0 Å². The fourth-order valence-electron chi connectivity index (χ4n) is 1.79. The molecule has 3 heteroatoms. The molecule has 1 rings (SSSR count). The van der Waals surface area contributed by atoms with Gasteiger partial charge in [0.2, 0.25) is 5.91 Å². The van der Waals surface area contributed by atoms with Crippen LogP contribution in [-0.2, 0) is 4.79 Å². The predicted octanol–water partition coefficient (Wildman–Crippen LogP) is 2.39. The first-order valence-corrected chi connectivity index (χ1v) is 6.56. The van der Waals surface area contributed by atoms with E-state index in [1.54, 1.807) is 0 Å².